The van der Waals surface area contributed by atoms with Crippen molar-refractivity contribution in [3.63, 3.8) is 0 Å². The first-order chi connectivity index (χ1) is 9.52. The summed E-state index contributed by atoms with van der Waals surface area (Å²) in [6.07, 6.45) is 5.30. The number of carboxylic acids is 1. The molecule has 114 valence electrons. The fraction of sp³-hybridized carbons (Fsp3) is 0.714. The lowest BCUT2D eigenvalue weighted by atomic mass is 10.2. The number of carbonyl (C=O) groups is 2. The maximum Gasteiger partial charge on any atom is 0.327 e. The van der Waals surface area contributed by atoms with Crippen LogP contribution in [0, 0.1) is 0 Å². The zero-order chi connectivity index (χ0) is 15.1. The Balaban J connectivity index is 2.72. The van der Waals surface area contributed by atoms with E-state index in [-0.39, 0.29) is 11.4 Å². The van der Waals surface area contributed by atoms with E-state index in [2.05, 4.69) is 6.58 Å². The number of carbonyl (C=O) groups excluding carboxylic acids is 1. The molecule has 1 rings (SSSR count). The number of carboxylic acid groups (broad SMARTS) is 1. The Bertz CT molecular complexity index is 362. The third-order valence-corrected chi connectivity index (χ3v) is 4.72. The molecule has 2 atom stereocenters. The molecule has 2 amide bonds. The maximum absolute atomic E-state index is 12.5. The van der Waals surface area contributed by atoms with Crippen molar-refractivity contribution in [2.75, 3.05) is 19.3 Å². The highest BCUT2D eigenvalue weighted by atomic mass is 32.2. The van der Waals surface area contributed by atoms with E-state index in [4.69, 9.17) is 0 Å². The first kappa shape index (κ1) is 16.9. The topological polar surface area (TPSA) is 60.9 Å². The highest BCUT2D eigenvalue weighted by Crippen LogP contribution is 2.33. The Morgan fingerprint density at radius 2 is 2.25 bits per heavy atom. The lowest BCUT2D eigenvalue weighted by Crippen LogP contribution is -2.50. The summed E-state index contributed by atoms with van der Waals surface area (Å²) in [6.45, 7) is 6.33. The van der Waals surface area contributed by atoms with Crippen molar-refractivity contribution in [1.29, 1.82) is 0 Å². The summed E-state index contributed by atoms with van der Waals surface area (Å²) >= 11 is 1.57. The highest BCUT2D eigenvalue weighted by molar-refractivity contribution is 8.00. The molecule has 0 saturated carbocycles. The van der Waals surface area contributed by atoms with Gasteiger partial charge in [0.15, 0.2) is 0 Å². The molecule has 0 aromatic carbocycles. The minimum atomic E-state index is -0.913. The van der Waals surface area contributed by atoms with Gasteiger partial charge in [0.2, 0.25) is 0 Å². The van der Waals surface area contributed by atoms with Crippen LogP contribution in [-0.2, 0) is 4.79 Å². The second-order valence-corrected chi connectivity index (χ2v) is 6.18. The predicted molar refractivity (Wildman–Crippen MR) is 81.9 cm³/mol. The van der Waals surface area contributed by atoms with Crippen LogP contribution < -0.4 is 0 Å². The molecule has 1 aliphatic rings. The molecule has 2 unspecified atom stereocenters. The molecule has 1 aliphatic heterocycles. The van der Waals surface area contributed by atoms with Crippen molar-refractivity contribution in [1.82, 2.24) is 9.80 Å². The normalized spacial score (nSPS) is 21.8. The average molecular weight is 300 g/mol. The maximum atomic E-state index is 12.5. The quantitative estimate of drug-likeness (QED) is 0.580. The van der Waals surface area contributed by atoms with Gasteiger partial charge < -0.3 is 10.0 Å². The lowest BCUT2D eigenvalue weighted by molar-refractivity contribution is -0.141. The van der Waals surface area contributed by atoms with E-state index in [1.165, 1.54) is 0 Å². The number of amides is 2. The minimum Gasteiger partial charge on any atom is -0.480 e. The molecule has 1 fully saturated rings. The van der Waals surface area contributed by atoms with Gasteiger partial charge in [-0.1, -0.05) is 19.4 Å². The number of urea groups is 1. The van der Waals surface area contributed by atoms with E-state index in [0.717, 1.165) is 25.7 Å². The van der Waals surface area contributed by atoms with Gasteiger partial charge in [-0.05, 0) is 19.3 Å². The SMILES string of the molecule is C=CCCCN(C)C(=O)N1C(CCC)SCC1C(=O)O. The van der Waals surface area contributed by atoms with Crippen LogP contribution in [0.1, 0.15) is 32.6 Å². The summed E-state index contributed by atoms with van der Waals surface area (Å²) in [5.41, 5.74) is 0. The van der Waals surface area contributed by atoms with Crippen LogP contribution in [0.25, 0.3) is 0 Å². The number of rotatable bonds is 7. The van der Waals surface area contributed by atoms with Gasteiger partial charge in [0.1, 0.15) is 6.04 Å². The van der Waals surface area contributed by atoms with Crippen LogP contribution in [0.5, 0.6) is 0 Å². The van der Waals surface area contributed by atoms with Gasteiger partial charge in [0.05, 0.1) is 5.37 Å². The van der Waals surface area contributed by atoms with Crippen LogP contribution in [-0.4, -0.2) is 57.7 Å². The minimum absolute atomic E-state index is 0.0181. The second kappa shape index (κ2) is 8.19. The van der Waals surface area contributed by atoms with Gasteiger partial charge in [-0.2, -0.15) is 0 Å². The molecule has 0 aromatic heterocycles. The second-order valence-electron chi connectivity index (χ2n) is 4.97. The Morgan fingerprint density at radius 3 is 2.80 bits per heavy atom. The molecule has 5 nitrogen and oxygen atoms in total. The van der Waals surface area contributed by atoms with Crippen LogP contribution in [0.4, 0.5) is 4.79 Å². The van der Waals surface area contributed by atoms with Crippen molar-refractivity contribution >= 4 is 23.8 Å². The molecule has 0 aromatic rings. The van der Waals surface area contributed by atoms with E-state index in [1.54, 1.807) is 28.6 Å². The number of hydrogen-bond acceptors (Lipinski definition) is 3. The van der Waals surface area contributed by atoms with E-state index in [9.17, 15) is 14.7 Å². The molecule has 0 aliphatic carbocycles. The summed E-state index contributed by atoms with van der Waals surface area (Å²) < 4.78 is 0. The average Bonchev–Trinajstić information content (AvgIpc) is 2.82. The molecule has 20 heavy (non-hydrogen) atoms. The van der Waals surface area contributed by atoms with Gasteiger partial charge in [0.25, 0.3) is 0 Å². The summed E-state index contributed by atoms with van der Waals surface area (Å²) in [4.78, 5) is 27.0. The zero-order valence-electron chi connectivity index (χ0n) is 12.2. The summed E-state index contributed by atoms with van der Waals surface area (Å²) in [6, 6.07) is -0.879. The summed E-state index contributed by atoms with van der Waals surface area (Å²) in [5.74, 6) is -0.435. The number of aliphatic carboxylic acids is 1. The Hall–Kier alpha value is -1.17. The highest BCUT2D eigenvalue weighted by Gasteiger charge is 2.42. The van der Waals surface area contributed by atoms with Crippen LogP contribution in [0.3, 0.4) is 0 Å². The fourth-order valence-corrected chi connectivity index (χ4v) is 3.75. The monoisotopic (exact) mass is 300 g/mol. The molecule has 1 heterocycles. The number of hydrogen-bond donors (Lipinski definition) is 1. The zero-order valence-corrected chi connectivity index (χ0v) is 13.1. The molecule has 1 saturated heterocycles. The summed E-state index contributed by atoms with van der Waals surface area (Å²) in [7, 11) is 1.73. The van der Waals surface area contributed by atoms with E-state index < -0.39 is 12.0 Å². The van der Waals surface area contributed by atoms with E-state index >= 15 is 0 Å². The number of unbranched alkanes of at least 4 members (excludes halogenated alkanes) is 1. The number of allylic oxidation sites excluding steroid dienone is 1. The molecular weight excluding hydrogens is 276 g/mol. The van der Waals surface area contributed by atoms with Crippen molar-refractivity contribution in [3.05, 3.63) is 12.7 Å². The Labute approximate surface area is 125 Å². The van der Waals surface area contributed by atoms with Gasteiger partial charge in [-0.3, -0.25) is 4.90 Å². The van der Waals surface area contributed by atoms with E-state index in [0.29, 0.717) is 12.3 Å². The predicted octanol–water partition coefficient (Wildman–Crippen LogP) is 2.63. The summed E-state index contributed by atoms with van der Waals surface area (Å²) in [5, 5.41) is 9.26. The first-order valence-electron chi connectivity index (χ1n) is 7.01. The largest absolute Gasteiger partial charge is 0.480 e. The third-order valence-electron chi connectivity index (χ3n) is 3.36. The Kier molecular flexibility index (Phi) is 6.91. The molecule has 6 heteroatoms. The Morgan fingerprint density at radius 1 is 1.55 bits per heavy atom. The fourth-order valence-electron chi connectivity index (χ4n) is 2.25. The van der Waals surface area contributed by atoms with Gasteiger partial charge in [-0.25, -0.2) is 9.59 Å². The smallest absolute Gasteiger partial charge is 0.327 e. The first-order valence-corrected chi connectivity index (χ1v) is 8.06. The lowest BCUT2D eigenvalue weighted by Gasteiger charge is -2.31. The van der Waals surface area contributed by atoms with E-state index in [1.807, 2.05) is 13.0 Å². The van der Waals surface area contributed by atoms with Crippen LogP contribution in [0.15, 0.2) is 12.7 Å². The molecule has 0 bridgehead atoms. The van der Waals surface area contributed by atoms with Crippen LogP contribution in [0.2, 0.25) is 0 Å². The molecular formula is C14H24N2O3S. The van der Waals surface area contributed by atoms with Crippen LogP contribution >= 0.6 is 11.8 Å². The van der Waals surface area contributed by atoms with Crippen molar-refractivity contribution in [3.8, 4) is 0 Å². The standard InChI is InChI=1S/C14H24N2O3S/c1-4-6-7-9-15(3)14(19)16-11(13(17)18)10-20-12(16)8-5-2/h4,11-12H,1,5-10H2,2-3H3,(H,17,18). The van der Waals surface area contributed by atoms with Gasteiger partial charge in [-0.15, -0.1) is 18.3 Å². The molecule has 1 N–H and O–H groups in total. The van der Waals surface area contributed by atoms with Crippen molar-refractivity contribution in [2.45, 2.75) is 44.0 Å². The van der Waals surface area contributed by atoms with Crippen molar-refractivity contribution in [2.24, 2.45) is 0 Å². The number of thioether (sulfide) groups is 1. The van der Waals surface area contributed by atoms with Crippen molar-refractivity contribution < 1.29 is 14.7 Å². The molecule has 0 spiro atoms. The van der Waals surface area contributed by atoms with Gasteiger partial charge in [0, 0.05) is 19.3 Å². The van der Waals surface area contributed by atoms with Gasteiger partial charge >= 0.3 is 12.0 Å². The third kappa shape index (κ3) is 4.16. The molecule has 0 radical (unpaired) electrons. The number of nitrogens with zero attached hydrogens (tertiary/aromatic N) is 2.